The smallest absolute Gasteiger partial charge is 0.330 e. The van der Waals surface area contributed by atoms with Crippen LogP contribution in [-0.2, 0) is 22.4 Å². The summed E-state index contributed by atoms with van der Waals surface area (Å²) in [5.41, 5.74) is 5.00. The molecule has 2 aromatic carbocycles. The van der Waals surface area contributed by atoms with Gasteiger partial charge in [0.25, 0.3) is 0 Å². The van der Waals surface area contributed by atoms with Gasteiger partial charge >= 0.3 is 5.97 Å². The third-order valence-corrected chi connectivity index (χ3v) is 4.79. The summed E-state index contributed by atoms with van der Waals surface area (Å²) < 4.78 is 4.63. The highest BCUT2D eigenvalue weighted by Crippen LogP contribution is 2.32. The molecule has 2 aromatic rings. The minimum Gasteiger partial charge on any atom is -0.466 e. The van der Waals surface area contributed by atoms with Crippen LogP contribution in [0.3, 0.4) is 0 Å². The number of aryl methyl sites for hydroxylation is 1. The normalized spacial score (nSPS) is 16.2. The maximum absolute atomic E-state index is 11.2. The summed E-state index contributed by atoms with van der Waals surface area (Å²) >= 11 is 6.03. The van der Waals surface area contributed by atoms with Crippen LogP contribution >= 0.6 is 11.6 Å². The Morgan fingerprint density at radius 3 is 3.00 bits per heavy atom. The Hall–Kier alpha value is -2.10. The third kappa shape index (κ3) is 4.71. The highest BCUT2D eigenvalue weighted by Gasteiger charge is 2.21. The number of nitrogens with one attached hydrogen (secondary N) is 1. The second-order valence-corrected chi connectivity index (χ2v) is 6.68. The van der Waals surface area contributed by atoms with E-state index in [1.807, 2.05) is 18.2 Å². The van der Waals surface area contributed by atoms with Gasteiger partial charge < -0.3 is 10.1 Å². The highest BCUT2D eigenvalue weighted by molar-refractivity contribution is 6.30. The van der Waals surface area contributed by atoms with E-state index in [-0.39, 0.29) is 5.97 Å². The molecule has 130 valence electrons. The molecule has 0 amide bonds. The lowest BCUT2D eigenvalue weighted by atomic mass is 10.0. The molecule has 3 rings (SSSR count). The van der Waals surface area contributed by atoms with E-state index in [1.54, 1.807) is 6.08 Å². The maximum Gasteiger partial charge on any atom is 0.330 e. The number of methoxy groups -OCH3 is 1. The lowest BCUT2D eigenvalue weighted by molar-refractivity contribution is -0.134. The van der Waals surface area contributed by atoms with Crippen LogP contribution in [-0.4, -0.2) is 19.6 Å². The van der Waals surface area contributed by atoms with Gasteiger partial charge in [0.15, 0.2) is 0 Å². The van der Waals surface area contributed by atoms with E-state index in [1.165, 1.54) is 29.9 Å². The molecule has 3 nitrogen and oxygen atoms in total. The van der Waals surface area contributed by atoms with E-state index in [9.17, 15) is 4.79 Å². The molecule has 1 atom stereocenters. The van der Waals surface area contributed by atoms with Crippen molar-refractivity contribution in [1.82, 2.24) is 5.32 Å². The monoisotopic (exact) mass is 355 g/mol. The van der Waals surface area contributed by atoms with Crippen LogP contribution in [0.25, 0.3) is 6.08 Å². The van der Waals surface area contributed by atoms with Crippen molar-refractivity contribution in [3.8, 4) is 0 Å². The SMILES string of the molecule is COC(=O)/C=C/c1ccc2c(c1)CCC2NCCc1cccc(Cl)c1. The zero-order valence-corrected chi connectivity index (χ0v) is 15.1. The summed E-state index contributed by atoms with van der Waals surface area (Å²) in [6.45, 7) is 0.925. The molecule has 0 spiro atoms. The van der Waals surface area contributed by atoms with Crippen molar-refractivity contribution in [1.29, 1.82) is 0 Å². The Morgan fingerprint density at radius 1 is 1.32 bits per heavy atom. The Morgan fingerprint density at radius 2 is 2.20 bits per heavy atom. The molecule has 1 aliphatic carbocycles. The van der Waals surface area contributed by atoms with E-state index in [0.29, 0.717) is 6.04 Å². The largest absolute Gasteiger partial charge is 0.466 e. The van der Waals surface area contributed by atoms with E-state index < -0.39 is 0 Å². The number of fused-ring (bicyclic) bond motifs is 1. The van der Waals surface area contributed by atoms with Crippen LogP contribution in [0.5, 0.6) is 0 Å². The average molecular weight is 356 g/mol. The van der Waals surface area contributed by atoms with Crippen molar-refractivity contribution in [2.75, 3.05) is 13.7 Å². The van der Waals surface area contributed by atoms with Crippen LogP contribution in [0.15, 0.2) is 48.5 Å². The summed E-state index contributed by atoms with van der Waals surface area (Å²) in [4.78, 5) is 11.2. The molecule has 1 N–H and O–H groups in total. The summed E-state index contributed by atoms with van der Waals surface area (Å²) in [7, 11) is 1.38. The highest BCUT2D eigenvalue weighted by atomic mass is 35.5. The number of halogens is 1. The quantitative estimate of drug-likeness (QED) is 0.618. The van der Waals surface area contributed by atoms with E-state index >= 15 is 0 Å². The van der Waals surface area contributed by atoms with Crippen LogP contribution in [0.2, 0.25) is 5.02 Å². The van der Waals surface area contributed by atoms with Crippen LogP contribution in [0, 0.1) is 0 Å². The molecule has 0 aliphatic heterocycles. The van der Waals surface area contributed by atoms with Crippen molar-refractivity contribution in [3.05, 3.63) is 75.8 Å². The lowest BCUT2D eigenvalue weighted by Crippen LogP contribution is -2.21. The minimum absolute atomic E-state index is 0.332. The number of carbonyl (C=O) groups excluding carboxylic acids is 1. The van der Waals surface area contributed by atoms with Gasteiger partial charge in [0, 0.05) is 17.1 Å². The fourth-order valence-electron chi connectivity index (χ4n) is 3.27. The molecule has 0 radical (unpaired) electrons. The molecule has 1 aliphatic rings. The van der Waals surface area contributed by atoms with Gasteiger partial charge in [0.2, 0.25) is 0 Å². The van der Waals surface area contributed by atoms with E-state index in [0.717, 1.165) is 36.4 Å². The Bertz CT molecular complexity index is 785. The van der Waals surface area contributed by atoms with Gasteiger partial charge in [0.1, 0.15) is 0 Å². The maximum atomic E-state index is 11.2. The molecule has 0 aromatic heterocycles. The summed E-state index contributed by atoms with van der Waals surface area (Å²) in [5, 5.41) is 4.44. The summed E-state index contributed by atoms with van der Waals surface area (Å²) in [5.74, 6) is -0.332. The van der Waals surface area contributed by atoms with Gasteiger partial charge in [-0.2, -0.15) is 0 Å². The van der Waals surface area contributed by atoms with Gasteiger partial charge in [0.05, 0.1) is 7.11 Å². The molecule has 1 unspecified atom stereocenters. The van der Waals surface area contributed by atoms with Crippen LogP contribution in [0.1, 0.15) is 34.7 Å². The molecule has 4 heteroatoms. The second-order valence-electron chi connectivity index (χ2n) is 6.24. The first-order chi connectivity index (χ1) is 12.2. The van der Waals surface area contributed by atoms with Gasteiger partial charge in [-0.15, -0.1) is 0 Å². The molecular weight excluding hydrogens is 334 g/mol. The van der Waals surface area contributed by atoms with Gasteiger partial charge in [-0.1, -0.05) is 41.9 Å². The second kappa shape index (κ2) is 8.32. The molecule has 0 fully saturated rings. The number of ether oxygens (including phenoxy) is 1. The minimum atomic E-state index is -0.332. The average Bonchev–Trinajstić information content (AvgIpc) is 3.02. The zero-order chi connectivity index (χ0) is 17.6. The standard InChI is InChI=1S/C21H22ClNO2/c1-25-21(24)10-6-16-5-8-19-17(13-16)7-9-20(19)23-12-11-15-3-2-4-18(22)14-15/h2-6,8,10,13-14,20,23H,7,9,11-12H2,1H3/b10-6+. The predicted molar refractivity (Wildman–Crippen MR) is 102 cm³/mol. The fraction of sp³-hybridized carbons (Fsp3) is 0.286. The Labute approximate surface area is 153 Å². The number of hydrogen-bond acceptors (Lipinski definition) is 3. The number of benzene rings is 2. The first kappa shape index (κ1) is 17.7. The first-order valence-electron chi connectivity index (χ1n) is 8.52. The van der Waals surface area contributed by atoms with Crippen molar-refractivity contribution in [2.45, 2.75) is 25.3 Å². The number of esters is 1. The lowest BCUT2D eigenvalue weighted by Gasteiger charge is -2.14. The molecule has 0 heterocycles. The van der Waals surface area contributed by atoms with Gasteiger partial charge in [-0.05, 0) is 66.3 Å². The van der Waals surface area contributed by atoms with Crippen molar-refractivity contribution in [2.24, 2.45) is 0 Å². The molecule has 25 heavy (non-hydrogen) atoms. The van der Waals surface area contributed by atoms with Crippen molar-refractivity contribution in [3.63, 3.8) is 0 Å². The topological polar surface area (TPSA) is 38.3 Å². The fourth-order valence-corrected chi connectivity index (χ4v) is 3.48. The van der Waals surface area contributed by atoms with Crippen molar-refractivity contribution >= 4 is 23.6 Å². The summed E-state index contributed by atoms with van der Waals surface area (Å²) in [6.07, 6.45) is 6.38. The Balaban J connectivity index is 1.58. The number of hydrogen-bond donors (Lipinski definition) is 1. The van der Waals surface area contributed by atoms with E-state index in [2.05, 4.69) is 34.3 Å². The van der Waals surface area contributed by atoms with Gasteiger partial charge in [-0.25, -0.2) is 4.79 Å². The molecule has 0 saturated heterocycles. The van der Waals surface area contributed by atoms with Gasteiger partial charge in [-0.3, -0.25) is 0 Å². The Kier molecular flexibility index (Phi) is 5.90. The number of rotatable bonds is 6. The summed E-state index contributed by atoms with van der Waals surface area (Å²) in [6, 6.07) is 14.8. The number of carbonyl (C=O) groups is 1. The van der Waals surface area contributed by atoms with Crippen LogP contribution < -0.4 is 5.32 Å². The molecule has 0 saturated carbocycles. The predicted octanol–water partition coefficient (Wildman–Crippen LogP) is 4.35. The van der Waals surface area contributed by atoms with Crippen LogP contribution in [0.4, 0.5) is 0 Å². The zero-order valence-electron chi connectivity index (χ0n) is 14.3. The first-order valence-corrected chi connectivity index (χ1v) is 8.90. The third-order valence-electron chi connectivity index (χ3n) is 4.55. The van der Waals surface area contributed by atoms with Crippen molar-refractivity contribution < 1.29 is 9.53 Å². The molecule has 0 bridgehead atoms. The molecular formula is C21H22ClNO2. The van der Waals surface area contributed by atoms with E-state index in [4.69, 9.17) is 11.6 Å².